The van der Waals surface area contributed by atoms with E-state index in [2.05, 4.69) is 97.1 Å². The van der Waals surface area contributed by atoms with E-state index in [9.17, 15) is 0 Å². The van der Waals surface area contributed by atoms with Crippen molar-refractivity contribution < 1.29 is 8.83 Å². The molecule has 0 N–H and O–H groups in total. The minimum Gasteiger partial charge on any atom is -0.456 e. The normalized spacial score (nSPS) is 11.9. The maximum Gasteiger partial charge on any atom is 0.164 e. The third-order valence-electron chi connectivity index (χ3n) is 11.0. The van der Waals surface area contributed by atoms with E-state index in [1.165, 1.54) is 9.40 Å². The number of rotatable bonds is 5. The minimum atomic E-state index is 0.648. The predicted octanol–water partition coefficient (Wildman–Crippen LogP) is 14.4. The van der Waals surface area contributed by atoms with E-state index >= 15 is 0 Å². The molecule has 0 saturated heterocycles. The lowest BCUT2D eigenvalue weighted by molar-refractivity contribution is 0.669. The molecule has 0 atom stereocenters. The number of benzene rings is 8. The smallest absolute Gasteiger partial charge is 0.164 e. The first-order chi connectivity index (χ1) is 28.2. The zero-order valence-corrected chi connectivity index (χ0v) is 31.1. The van der Waals surface area contributed by atoms with Gasteiger partial charge in [-0.15, -0.1) is 11.3 Å². The zero-order chi connectivity index (χ0) is 37.5. The lowest BCUT2D eigenvalue weighted by Crippen LogP contribution is -2.00. The van der Waals surface area contributed by atoms with Gasteiger partial charge in [0, 0.05) is 64.0 Å². The summed E-state index contributed by atoms with van der Waals surface area (Å²) in [4.78, 5) is 15.1. The summed E-state index contributed by atoms with van der Waals surface area (Å²) >= 11 is 1.78. The standard InChI is InChI=1S/C51H29N3O2S/c1-3-12-30(13-4-1)49-52-50(31-14-5-2-6-15-31)54-51(53-49)39-18-11-21-44-46(39)38-24-22-33(29-45(38)57-44)35-26-25-34(47-37-17-8-10-20-42(37)56-48(35)47)32-23-27-43-40(28-32)36-16-7-9-19-41(36)55-43/h1-29H. The van der Waals surface area contributed by atoms with E-state index in [1.807, 2.05) is 78.9 Å². The Kier molecular flexibility index (Phi) is 7.03. The van der Waals surface area contributed by atoms with Crippen LogP contribution in [0.4, 0.5) is 0 Å². The van der Waals surface area contributed by atoms with Crippen LogP contribution in [0.25, 0.3) is 120 Å². The highest BCUT2D eigenvalue weighted by Crippen LogP contribution is 2.45. The second-order valence-corrected chi connectivity index (χ2v) is 15.4. The zero-order valence-electron chi connectivity index (χ0n) is 30.3. The molecule has 8 aromatic carbocycles. The molecule has 5 nitrogen and oxygen atoms in total. The van der Waals surface area contributed by atoms with Gasteiger partial charge in [0.15, 0.2) is 17.5 Å². The minimum absolute atomic E-state index is 0.648. The summed E-state index contributed by atoms with van der Waals surface area (Å²) in [6.45, 7) is 0. The van der Waals surface area contributed by atoms with Crippen LogP contribution in [0, 0.1) is 0 Å². The Hall–Kier alpha value is -7.41. The van der Waals surface area contributed by atoms with Crippen molar-refractivity contribution in [1.29, 1.82) is 0 Å². The summed E-state index contributed by atoms with van der Waals surface area (Å²) < 4.78 is 15.3. The van der Waals surface area contributed by atoms with E-state index in [4.69, 9.17) is 23.8 Å². The van der Waals surface area contributed by atoms with Crippen LogP contribution < -0.4 is 0 Å². The van der Waals surface area contributed by atoms with Crippen LogP contribution in [0.1, 0.15) is 0 Å². The van der Waals surface area contributed by atoms with Crippen molar-refractivity contribution in [2.75, 3.05) is 0 Å². The Labute approximate surface area is 330 Å². The molecular weight excluding hydrogens is 719 g/mol. The molecule has 0 bridgehead atoms. The van der Waals surface area contributed by atoms with E-state index in [1.54, 1.807) is 11.3 Å². The highest BCUT2D eigenvalue weighted by atomic mass is 32.1. The van der Waals surface area contributed by atoms with Crippen molar-refractivity contribution in [3.05, 3.63) is 176 Å². The molecule has 4 aromatic heterocycles. The first-order valence-electron chi connectivity index (χ1n) is 18.9. The number of thiophene rings is 1. The van der Waals surface area contributed by atoms with Crippen LogP contribution in [0.2, 0.25) is 0 Å². The average Bonchev–Trinajstić information content (AvgIpc) is 3.97. The molecule has 12 aromatic rings. The van der Waals surface area contributed by atoms with Crippen molar-refractivity contribution >= 4 is 75.4 Å². The van der Waals surface area contributed by atoms with Crippen LogP contribution in [0.15, 0.2) is 185 Å². The number of furan rings is 2. The monoisotopic (exact) mass is 747 g/mol. The van der Waals surface area contributed by atoms with Gasteiger partial charge in [0.2, 0.25) is 0 Å². The summed E-state index contributed by atoms with van der Waals surface area (Å²) in [6.07, 6.45) is 0. The summed E-state index contributed by atoms with van der Waals surface area (Å²) in [5.74, 6) is 1.95. The van der Waals surface area contributed by atoms with Gasteiger partial charge in [0.1, 0.15) is 22.3 Å². The van der Waals surface area contributed by atoms with E-state index in [0.29, 0.717) is 17.5 Å². The average molecular weight is 748 g/mol. The third-order valence-corrected chi connectivity index (χ3v) is 12.1. The van der Waals surface area contributed by atoms with Gasteiger partial charge in [-0.25, -0.2) is 15.0 Å². The highest BCUT2D eigenvalue weighted by Gasteiger charge is 2.21. The van der Waals surface area contributed by atoms with Gasteiger partial charge < -0.3 is 8.83 Å². The van der Waals surface area contributed by atoms with Crippen LogP contribution in [0.3, 0.4) is 0 Å². The molecule has 0 unspecified atom stereocenters. The first kappa shape index (κ1) is 31.9. The highest BCUT2D eigenvalue weighted by molar-refractivity contribution is 7.26. The van der Waals surface area contributed by atoms with Crippen LogP contribution in [-0.2, 0) is 0 Å². The molecule has 0 aliphatic carbocycles. The molecule has 266 valence electrons. The van der Waals surface area contributed by atoms with Crippen molar-refractivity contribution in [2.45, 2.75) is 0 Å². The molecule has 0 saturated carbocycles. The fourth-order valence-corrected chi connectivity index (χ4v) is 9.47. The molecule has 6 heteroatoms. The molecule has 4 heterocycles. The molecular formula is C51H29N3O2S. The van der Waals surface area contributed by atoms with Crippen molar-refractivity contribution in [1.82, 2.24) is 15.0 Å². The Bertz CT molecular complexity index is 3470. The van der Waals surface area contributed by atoms with E-state index < -0.39 is 0 Å². The fourth-order valence-electron chi connectivity index (χ4n) is 8.30. The van der Waals surface area contributed by atoms with E-state index in [0.717, 1.165) is 93.6 Å². The van der Waals surface area contributed by atoms with Crippen molar-refractivity contribution in [3.63, 3.8) is 0 Å². The lowest BCUT2D eigenvalue weighted by Gasteiger charge is -2.10. The van der Waals surface area contributed by atoms with Gasteiger partial charge in [-0.3, -0.25) is 0 Å². The Morgan fingerprint density at radius 1 is 0.333 bits per heavy atom. The molecule has 0 fully saturated rings. The number of fused-ring (bicyclic) bond motifs is 9. The summed E-state index contributed by atoms with van der Waals surface area (Å²) in [5.41, 5.74) is 10.8. The number of nitrogens with zero attached hydrogens (tertiary/aromatic N) is 3. The van der Waals surface area contributed by atoms with Gasteiger partial charge in [-0.05, 0) is 59.2 Å². The molecule has 0 aliphatic heterocycles. The third kappa shape index (κ3) is 5.12. The second kappa shape index (κ2) is 12.6. The van der Waals surface area contributed by atoms with Gasteiger partial charge >= 0.3 is 0 Å². The van der Waals surface area contributed by atoms with Gasteiger partial charge in [-0.1, -0.05) is 133 Å². The number of aromatic nitrogens is 3. The fraction of sp³-hybridized carbons (Fsp3) is 0. The van der Waals surface area contributed by atoms with Crippen LogP contribution in [-0.4, -0.2) is 15.0 Å². The maximum absolute atomic E-state index is 6.75. The molecule has 0 aliphatic rings. The molecule has 57 heavy (non-hydrogen) atoms. The SMILES string of the molecule is c1ccc(-c2nc(-c3ccccc3)nc(-c3cccc4sc5cc(-c6ccc(-c7ccc8oc9ccccc9c8c7)c7c6oc6ccccc67)ccc5c34)n2)cc1. The Balaban J connectivity index is 1.02. The van der Waals surface area contributed by atoms with Gasteiger partial charge in [0.25, 0.3) is 0 Å². The van der Waals surface area contributed by atoms with Gasteiger partial charge in [0.05, 0.1) is 0 Å². The molecule has 0 amide bonds. The van der Waals surface area contributed by atoms with E-state index in [-0.39, 0.29) is 0 Å². The molecule has 0 radical (unpaired) electrons. The molecule has 12 rings (SSSR count). The maximum atomic E-state index is 6.75. The predicted molar refractivity (Wildman–Crippen MR) is 234 cm³/mol. The number of hydrogen-bond donors (Lipinski definition) is 0. The Morgan fingerprint density at radius 2 is 0.947 bits per heavy atom. The van der Waals surface area contributed by atoms with Crippen molar-refractivity contribution in [2.24, 2.45) is 0 Å². The van der Waals surface area contributed by atoms with Gasteiger partial charge in [-0.2, -0.15) is 0 Å². The lowest BCUT2D eigenvalue weighted by atomic mass is 9.93. The summed E-state index contributed by atoms with van der Waals surface area (Å²) in [7, 11) is 0. The quantitative estimate of drug-likeness (QED) is 0.175. The topological polar surface area (TPSA) is 65.0 Å². The first-order valence-corrected chi connectivity index (χ1v) is 19.7. The Morgan fingerprint density at radius 3 is 1.72 bits per heavy atom. The van der Waals surface area contributed by atoms with Crippen LogP contribution >= 0.6 is 11.3 Å². The second-order valence-electron chi connectivity index (χ2n) is 14.3. The van der Waals surface area contributed by atoms with Crippen LogP contribution in [0.5, 0.6) is 0 Å². The number of para-hydroxylation sites is 2. The summed E-state index contributed by atoms with van der Waals surface area (Å²) in [6, 6.07) is 60.9. The summed E-state index contributed by atoms with van der Waals surface area (Å²) in [5, 5.41) is 6.72. The largest absolute Gasteiger partial charge is 0.456 e. The molecule has 0 spiro atoms. The van der Waals surface area contributed by atoms with Crippen molar-refractivity contribution in [3.8, 4) is 56.4 Å². The number of hydrogen-bond acceptors (Lipinski definition) is 6.